The van der Waals surface area contributed by atoms with Crippen molar-refractivity contribution in [3.63, 3.8) is 0 Å². The third kappa shape index (κ3) is 5.59. The number of furan rings is 1. The average Bonchev–Trinajstić information content (AvgIpc) is 3.86. The largest absolute Gasteiger partial charge is 0.456 e. The molecule has 2 aromatic heterocycles. The molecule has 0 saturated carbocycles. The van der Waals surface area contributed by atoms with E-state index in [4.69, 9.17) is 19.4 Å². The van der Waals surface area contributed by atoms with Gasteiger partial charge in [0, 0.05) is 50.1 Å². The van der Waals surface area contributed by atoms with Crippen molar-refractivity contribution >= 4 is 49.8 Å². The Bertz CT molecular complexity index is 3350. The van der Waals surface area contributed by atoms with Gasteiger partial charge in [0.25, 0.3) is 0 Å². The van der Waals surface area contributed by atoms with E-state index in [1.54, 1.807) is 0 Å². The summed E-state index contributed by atoms with van der Waals surface area (Å²) in [5, 5.41) is 4.58. The lowest BCUT2D eigenvalue weighted by Crippen LogP contribution is -2.11. The number of nitrogens with zero attached hydrogens (tertiary/aromatic N) is 4. The summed E-state index contributed by atoms with van der Waals surface area (Å²) < 4.78 is 6.32. The molecule has 0 radical (unpaired) electrons. The highest BCUT2D eigenvalue weighted by atomic mass is 16.3. The van der Waals surface area contributed by atoms with Gasteiger partial charge in [0.15, 0.2) is 17.5 Å². The molecule has 0 saturated heterocycles. The van der Waals surface area contributed by atoms with Crippen LogP contribution in [0.25, 0.3) is 100 Å². The molecule has 5 nitrogen and oxygen atoms in total. The minimum Gasteiger partial charge on any atom is -0.456 e. The van der Waals surface area contributed by atoms with Gasteiger partial charge in [-0.15, -0.1) is 0 Å². The fourth-order valence-corrected chi connectivity index (χ4v) is 8.87. The summed E-state index contributed by atoms with van der Waals surface area (Å²) in [6.45, 7) is 0. The van der Waals surface area contributed by atoms with Crippen LogP contribution in [0.1, 0.15) is 0 Å². The second kappa shape index (κ2) is 13.8. The van der Waals surface area contributed by atoms with Gasteiger partial charge in [0.2, 0.25) is 0 Å². The van der Waals surface area contributed by atoms with Gasteiger partial charge < -0.3 is 9.32 Å². The molecule has 280 valence electrons. The molecule has 11 aromatic rings. The monoisotopic (exact) mass is 766 g/mol. The molecule has 0 N–H and O–H groups in total. The molecule has 5 heteroatoms. The lowest BCUT2D eigenvalue weighted by atomic mass is 9.95. The number of anilines is 3. The Balaban J connectivity index is 1.14. The lowest BCUT2D eigenvalue weighted by Gasteiger charge is -2.27. The SMILES string of the molecule is c1ccc(-c2ccc(N(c3cc(-c4nc(-c5ccccc5)nc(-c5ccccc5)n4)c4c(c3)-c3cccc5cccc-4c35)c3ccc4oc5ccccc5c4c3)cc2)cc1. The van der Waals surface area contributed by atoms with Crippen molar-refractivity contribution in [1.82, 2.24) is 15.0 Å². The van der Waals surface area contributed by atoms with E-state index < -0.39 is 0 Å². The minimum absolute atomic E-state index is 0.612. The first-order valence-corrected chi connectivity index (χ1v) is 20.2. The molecular weight excluding hydrogens is 733 g/mol. The van der Waals surface area contributed by atoms with Gasteiger partial charge >= 0.3 is 0 Å². The van der Waals surface area contributed by atoms with Crippen molar-refractivity contribution < 1.29 is 4.42 Å². The highest BCUT2D eigenvalue weighted by Gasteiger charge is 2.29. The summed E-state index contributed by atoms with van der Waals surface area (Å²) in [7, 11) is 0. The van der Waals surface area contributed by atoms with E-state index in [9.17, 15) is 0 Å². The van der Waals surface area contributed by atoms with Crippen LogP contribution in [-0.2, 0) is 0 Å². The maximum atomic E-state index is 6.32. The van der Waals surface area contributed by atoms with E-state index in [0.29, 0.717) is 17.5 Å². The van der Waals surface area contributed by atoms with Crippen molar-refractivity contribution in [2.75, 3.05) is 4.90 Å². The van der Waals surface area contributed by atoms with E-state index in [1.165, 1.54) is 27.5 Å². The van der Waals surface area contributed by atoms with Gasteiger partial charge in [-0.05, 0) is 87.1 Å². The molecule has 0 amide bonds. The Hall–Kier alpha value is -8.15. The molecular formula is C55H34N4O. The number of hydrogen-bond acceptors (Lipinski definition) is 5. The number of rotatable bonds is 7. The first-order valence-electron chi connectivity index (χ1n) is 20.2. The maximum Gasteiger partial charge on any atom is 0.164 e. The summed E-state index contributed by atoms with van der Waals surface area (Å²) >= 11 is 0. The Morgan fingerprint density at radius 3 is 1.58 bits per heavy atom. The Morgan fingerprint density at radius 1 is 0.333 bits per heavy atom. The number of aromatic nitrogens is 3. The summed E-state index contributed by atoms with van der Waals surface area (Å²) in [5.41, 5.74) is 14.5. The van der Waals surface area contributed by atoms with Gasteiger partial charge in [-0.3, -0.25) is 0 Å². The number of fused-ring (bicyclic) bond motifs is 6. The lowest BCUT2D eigenvalue weighted by molar-refractivity contribution is 0.669. The van der Waals surface area contributed by atoms with Crippen LogP contribution in [0.15, 0.2) is 211 Å². The second-order valence-corrected chi connectivity index (χ2v) is 15.2. The van der Waals surface area contributed by atoms with Crippen LogP contribution in [0.5, 0.6) is 0 Å². The highest BCUT2D eigenvalue weighted by molar-refractivity contribution is 6.19. The topological polar surface area (TPSA) is 55.1 Å². The zero-order valence-corrected chi connectivity index (χ0v) is 32.3. The molecule has 0 unspecified atom stereocenters. The normalized spacial score (nSPS) is 11.7. The minimum atomic E-state index is 0.612. The van der Waals surface area contributed by atoms with Crippen molar-refractivity contribution in [1.29, 1.82) is 0 Å². The van der Waals surface area contributed by atoms with Crippen molar-refractivity contribution in [2.24, 2.45) is 0 Å². The van der Waals surface area contributed by atoms with E-state index in [2.05, 4.69) is 163 Å². The standard InChI is InChI=1S/C55H34N4O/c1-4-14-35(15-5-1)36-26-28-40(29-27-36)59(41-30-31-50-46(32-41)43-22-10-11-25-49(43)60-50)42-33-47-44-23-12-20-37-21-13-24-45(51(37)44)52(47)48(34-42)55-57-53(38-16-6-2-7-17-38)56-54(58-55)39-18-8-3-9-19-39/h1-34H. The van der Waals surface area contributed by atoms with Crippen molar-refractivity contribution in [3.05, 3.63) is 206 Å². The van der Waals surface area contributed by atoms with E-state index in [1.807, 2.05) is 48.5 Å². The van der Waals surface area contributed by atoms with Crippen molar-refractivity contribution in [2.45, 2.75) is 0 Å². The van der Waals surface area contributed by atoms with Crippen LogP contribution >= 0.6 is 0 Å². The Labute approximate surface area is 346 Å². The molecule has 1 aliphatic rings. The van der Waals surface area contributed by atoms with E-state index in [0.717, 1.165) is 72.4 Å². The molecule has 0 bridgehead atoms. The third-order valence-electron chi connectivity index (χ3n) is 11.6. The third-order valence-corrected chi connectivity index (χ3v) is 11.6. The Morgan fingerprint density at radius 2 is 0.883 bits per heavy atom. The zero-order chi connectivity index (χ0) is 39.6. The van der Waals surface area contributed by atoms with Crippen molar-refractivity contribution in [3.8, 4) is 67.5 Å². The Kier molecular flexibility index (Phi) is 7.78. The fourth-order valence-electron chi connectivity index (χ4n) is 8.87. The molecule has 12 rings (SSSR count). The summed E-state index contributed by atoms with van der Waals surface area (Å²) in [4.78, 5) is 18.0. The molecule has 1 aliphatic carbocycles. The van der Waals surface area contributed by atoms with Crippen LogP contribution in [-0.4, -0.2) is 15.0 Å². The smallest absolute Gasteiger partial charge is 0.164 e. The quantitative estimate of drug-likeness (QED) is 0.162. The molecule has 0 fully saturated rings. The van der Waals surface area contributed by atoms with Gasteiger partial charge in [-0.25, -0.2) is 15.0 Å². The zero-order valence-electron chi connectivity index (χ0n) is 32.3. The summed E-state index contributed by atoms with van der Waals surface area (Å²) in [5.74, 6) is 1.86. The predicted molar refractivity (Wildman–Crippen MR) is 245 cm³/mol. The first kappa shape index (κ1) is 33.9. The number of para-hydroxylation sites is 1. The predicted octanol–water partition coefficient (Wildman–Crippen LogP) is 14.7. The van der Waals surface area contributed by atoms with Gasteiger partial charge in [0.05, 0.1) is 0 Å². The van der Waals surface area contributed by atoms with Crippen LogP contribution in [0, 0.1) is 0 Å². The number of hydrogen-bond donors (Lipinski definition) is 0. The average molecular weight is 767 g/mol. The van der Waals surface area contributed by atoms with Crippen LogP contribution in [0.4, 0.5) is 17.1 Å². The van der Waals surface area contributed by atoms with Gasteiger partial charge in [-0.2, -0.15) is 0 Å². The molecule has 9 aromatic carbocycles. The van der Waals surface area contributed by atoms with Crippen LogP contribution in [0.2, 0.25) is 0 Å². The van der Waals surface area contributed by atoms with Gasteiger partial charge in [0.1, 0.15) is 11.2 Å². The molecule has 60 heavy (non-hydrogen) atoms. The summed E-state index contributed by atoms with van der Waals surface area (Å²) in [6.07, 6.45) is 0. The van der Waals surface area contributed by atoms with E-state index in [-0.39, 0.29) is 0 Å². The molecule has 0 spiro atoms. The summed E-state index contributed by atoms with van der Waals surface area (Å²) in [6, 6.07) is 72.3. The number of benzene rings is 9. The van der Waals surface area contributed by atoms with E-state index >= 15 is 0 Å². The van der Waals surface area contributed by atoms with Gasteiger partial charge in [-0.1, -0.05) is 158 Å². The second-order valence-electron chi connectivity index (χ2n) is 15.2. The first-order chi connectivity index (χ1) is 29.7. The maximum absolute atomic E-state index is 6.32. The molecule has 2 heterocycles. The highest BCUT2D eigenvalue weighted by Crippen LogP contribution is 2.53. The van der Waals surface area contributed by atoms with Crippen LogP contribution < -0.4 is 4.90 Å². The molecule has 0 aliphatic heterocycles. The fraction of sp³-hybridized carbons (Fsp3) is 0. The van der Waals surface area contributed by atoms with Crippen LogP contribution in [0.3, 0.4) is 0 Å². The molecule has 0 atom stereocenters.